The number of thiophene rings is 1. The van der Waals surface area contributed by atoms with Gasteiger partial charge in [-0.3, -0.25) is 4.79 Å². The van der Waals surface area contributed by atoms with Gasteiger partial charge in [-0.05, 0) is 25.5 Å². The van der Waals surface area contributed by atoms with E-state index in [9.17, 15) is 14.7 Å². The highest BCUT2D eigenvalue weighted by atomic mass is 32.1. The largest absolute Gasteiger partial charge is 0.480 e. The van der Waals surface area contributed by atoms with Crippen LogP contribution in [0.3, 0.4) is 0 Å². The summed E-state index contributed by atoms with van der Waals surface area (Å²) in [5.74, 6) is -1.36. The highest BCUT2D eigenvalue weighted by molar-refractivity contribution is 7.12. The Hall–Kier alpha value is -2.14. The third-order valence-electron chi connectivity index (χ3n) is 3.17. The SMILES string of the molecule is Cc1cc(C(=O)N[C@@H](Cc2ccccc2)C(=O)O)c(C)s1. The van der Waals surface area contributed by atoms with Gasteiger partial charge < -0.3 is 10.4 Å². The molecule has 1 amide bonds. The number of rotatable bonds is 5. The van der Waals surface area contributed by atoms with E-state index in [4.69, 9.17) is 0 Å². The molecule has 0 saturated heterocycles. The molecule has 2 rings (SSSR count). The minimum absolute atomic E-state index is 0.268. The van der Waals surface area contributed by atoms with Gasteiger partial charge in [-0.2, -0.15) is 0 Å². The smallest absolute Gasteiger partial charge is 0.326 e. The standard InChI is InChI=1S/C16H17NO3S/c1-10-8-13(11(2)21-10)15(18)17-14(16(19)20)9-12-6-4-3-5-7-12/h3-8,14H,9H2,1-2H3,(H,17,18)(H,19,20)/t14-/m0/s1. The first-order chi connectivity index (χ1) is 9.97. The molecule has 110 valence electrons. The van der Waals surface area contributed by atoms with Crippen LogP contribution >= 0.6 is 11.3 Å². The molecule has 0 aliphatic heterocycles. The van der Waals surface area contributed by atoms with Crippen molar-refractivity contribution in [1.82, 2.24) is 5.32 Å². The molecule has 1 atom stereocenters. The molecule has 0 aliphatic carbocycles. The van der Waals surface area contributed by atoms with Crippen LogP contribution in [0.2, 0.25) is 0 Å². The van der Waals surface area contributed by atoms with Crippen molar-refractivity contribution in [2.45, 2.75) is 26.3 Å². The number of hydrogen-bond acceptors (Lipinski definition) is 3. The van der Waals surface area contributed by atoms with Crippen molar-refractivity contribution in [3.05, 3.63) is 57.3 Å². The Kier molecular flexibility index (Phi) is 4.75. The molecule has 0 fully saturated rings. The molecule has 1 aromatic heterocycles. The first-order valence-corrected chi connectivity index (χ1v) is 7.43. The number of benzene rings is 1. The third-order valence-corrected chi connectivity index (χ3v) is 4.14. The second kappa shape index (κ2) is 6.54. The number of carboxylic acid groups (broad SMARTS) is 1. The molecule has 2 aromatic rings. The zero-order valence-electron chi connectivity index (χ0n) is 11.9. The van der Waals surface area contributed by atoms with Crippen molar-refractivity contribution >= 4 is 23.2 Å². The maximum absolute atomic E-state index is 12.2. The topological polar surface area (TPSA) is 66.4 Å². The molecular weight excluding hydrogens is 286 g/mol. The van der Waals surface area contributed by atoms with Crippen LogP contribution in [0.4, 0.5) is 0 Å². The van der Waals surface area contributed by atoms with Crippen molar-refractivity contribution in [3.63, 3.8) is 0 Å². The molecule has 1 heterocycles. The molecule has 0 unspecified atom stereocenters. The van der Waals surface area contributed by atoms with Crippen molar-refractivity contribution < 1.29 is 14.7 Å². The summed E-state index contributed by atoms with van der Waals surface area (Å²) in [6, 6.07) is 10.1. The summed E-state index contributed by atoms with van der Waals surface area (Å²) in [6.45, 7) is 3.78. The second-order valence-electron chi connectivity index (χ2n) is 4.88. The van der Waals surface area contributed by atoms with Gasteiger partial charge in [0, 0.05) is 16.2 Å². The van der Waals surface area contributed by atoms with Crippen LogP contribution in [0.5, 0.6) is 0 Å². The molecular formula is C16H17NO3S. The highest BCUT2D eigenvalue weighted by Crippen LogP contribution is 2.20. The van der Waals surface area contributed by atoms with Crippen molar-refractivity contribution in [2.24, 2.45) is 0 Å². The third kappa shape index (κ3) is 3.92. The summed E-state index contributed by atoms with van der Waals surface area (Å²) < 4.78 is 0. The minimum atomic E-state index is -1.03. The van der Waals surface area contributed by atoms with Crippen LogP contribution < -0.4 is 5.32 Å². The Morgan fingerprint density at radius 3 is 2.43 bits per heavy atom. The predicted molar refractivity (Wildman–Crippen MR) is 82.8 cm³/mol. The predicted octanol–water partition coefficient (Wildman–Crippen LogP) is 2.79. The van der Waals surface area contributed by atoms with E-state index in [1.165, 1.54) is 11.3 Å². The van der Waals surface area contributed by atoms with E-state index >= 15 is 0 Å². The Morgan fingerprint density at radius 1 is 1.24 bits per heavy atom. The fraction of sp³-hybridized carbons (Fsp3) is 0.250. The van der Waals surface area contributed by atoms with Crippen LogP contribution in [-0.2, 0) is 11.2 Å². The average Bonchev–Trinajstić information content (AvgIpc) is 2.78. The van der Waals surface area contributed by atoms with Crippen LogP contribution in [0, 0.1) is 13.8 Å². The molecule has 1 aromatic carbocycles. The van der Waals surface area contributed by atoms with E-state index < -0.39 is 12.0 Å². The van der Waals surface area contributed by atoms with Gasteiger partial charge in [-0.25, -0.2) is 4.79 Å². The lowest BCUT2D eigenvalue weighted by Crippen LogP contribution is -2.42. The zero-order valence-corrected chi connectivity index (χ0v) is 12.7. The van der Waals surface area contributed by atoms with Gasteiger partial charge in [-0.15, -0.1) is 11.3 Å². The molecule has 0 radical (unpaired) electrons. The molecule has 2 N–H and O–H groups in total. The Morgan fingerprint density at radius 2 is 1.90 bits per heavy atom. The summed E-state index contributed by atoms with van der Waals surface area (Å²) in [6.07, 6.45) is 0.268. The number of carbonyl (C=O) groups excluding carboxylic acids is 1. The number of carboxylic acids is 1. The molecule has 4 nitrogen and oxygen atoms in total. The van der Waals surface area contributed by atoms with Crippen LogP contribution in [-0.4, -0.2) is 23.0 Å². The molecule has 5 heteroatoms. The van der Waals surface area contributed by atoms with E-state index in [-0.39, 0.29) is 12.3 Å². The number of carbonyl (C=O) groups is 2. The Bertz CT molecular complexity index is 649. The number of aryl methyl sites for hydroxylation is 2. The second-order valence-corrected chi connectivity index (χ2v) is 6.34. The lowest BCUT2D eigenvalue weighted by Gasteiger charge is -2.14. The van der Waals surface area contributed by atoms with Gasteiger partial charge in [0.05, 0.1) is 5.56 Å². The summed E-state index contributed by atoms with van der Waals surface area (Å²) in [4.78, 5) is 25.5. The van der Waals surface area contributed by atoms with Gasteiger partial charge >= 0.3 is 5.97 Å². The van der Waals surface area contributed by atoms with E-state index in [1.807, 2.05) is 44.2 Å². The summed E-state index contributed by atoms with van der Waals surface area (Å²) in [5, 5.41) is 11.9. The molecule has 0 saturated carbocycles. The first-order valence-electron chi connectivity index (χ1n) is 6.62. The fourth-order valence-corrected chi connectivity index (χ4v) is 3.06. The van der Waals surface area contributed by atoms with Gasteiger partial charge in [0.15, 0.2) is 0 Å². The van der Waals surface area contributed by atoms with E-state index in [0.29, 0.717) is 5.56 Å². The van der Waals surface area contributed by atoms with Gasteiger partial charge in [0.2, 0.25) is 0 Å². The lowest BCUT2D eigenvalue weighted by molar-refractivity contribution is -0.139. The van der Waals surface area contributed by atoms with E-state index in [1.54, 1.807) is 6.07 Å². The van der Waals surface area contributed by atoms with Gasteiger partial charge in [0.25, 0.3) is 5.91 Å². The fourth-order valence-electron chi connectivity index (χ4n) is 2.14. The van der Waals surface area contributed by atoms with Crippen molar-refractivity contribution in [1.29, 1.82) is 0 Å². The summed E-state index contributed by atoms with van der Waals surface area (Å²) in [5.41, 5.74) is 1.43. The van der Waals surface area contributed by atoms with E-state index in [2.05, 4.69) is 5.32 Å². The lowest BCUT2D eigenvalue weighted by atomic mass is 10.1. The Labute approximate surface area is 127 Å². The number of aliphatic carboxylic acids is 1. The number of amides is 1. The van der Waals surface area contributed by atoms with Gasteiger partial charge in [0.1, 0.15) is 6.04 Å². The van der Waals surface area contributed by atoms with E-state index in [0.717, 1.165) is 15.3 Å². The normalized spacial score (nSPS) is 11.9. The highest BCUT2D eigenvalue weighted by Gasteiger charge is 2.22. The van der Waals surface area contributed by atoms with Crippen LogP contribution in [0.25, 0.3) is 0 Å². The Balaban J connectivity index is 2.11. The van der Waals surface area contributed by atoms with Crippen LogP contribution in [0.15, 0.2) is 36.4 Å². The zero-order chi connectivity index (χ0) is 15.4. The maximum atomic E-state index is 12.2. The monoisotopic (exact) mass is 303 g/mol. The summed E-state index contributed by atoms with van der Waals surface area (Å²) >= 11 is 1.53. The summed E-state index contributed by atoms with van der Waals surface area (Å²) in [7, 11) is 0. The minimum Gasteiger partial charge on any atom is -0.480 e. The molecule has 21 heavy (non-hydrogen) atoms. The molecule has 0 bridgehead atoms. The van der Waals surface area contributed by atoms with Gasteiger partial charge in [-0.1, -0.05) is 30.3 Å². The van der Waals surface area contributed by atoms with Crippen molar-refractivity contribution in [2.75, 3.05) is 0 Å². The quantitative estimate of drug-likeness (QED) is 0.892. The molecule has 0 aliphatic rings. The maximum Gasteiger partial charge on any atom is 0.326 e. The number of hydrogen-bond donors (Lipinski definition) is 2. The molecule has 0 spiro atoms. The van der Waals surface area contributed by atoms with Crippen LogP contribution in [0.1, 0.15) is 25.7 Å². The average molecular weight is 303 g/mol. The number of nitrogens with one attached hydrogen (secondary N) is 1. The first kappa shape index (κ1) is 15.3. The van der Waals surface area contributed by atoms with Crippen molar-refractivity contribution in [3.8, 4) is 0 Å².